The van der Waals surface area contributed by atoms with Crippen LogP contribution >= 0.6 is 0 Å². The molecule has 2 aromatic rings. The molecule has 5 aliphatic rings. The summed E-state index contributed by atoms with van der Waals surface area (Å²) in [4.78, 5) is 25.5. The van der Waals surface area contributed by atoms with Crippen molar-refractivity contribution in [2.24, 2.45) is 17.3 Å². The smallest absolute Gasteiger partial charge is 0.230 e. The van der Waals surface area contributed by atoms with Crippen LogP contribution in [0.1, 0.15) is 56.6 Å². The number of nitrogens with one attached hydrogen (secondary N) is 2. The van der Waals surface area contributed by atoms with Crippen LogP contribution in [0.25, 0.3) is 11.1 Å². The van der Waals surface area contributed by atoms with Gasteiger partial charge in [-0.15, -0.1) is 0 Å². The Balaban J connectivity index is 1.28. The molecular formula is C26H28N2O2. The topological polar surface area (TPSA) is 58.2 Å². The number of anilines is 1. The second kappa shape index (κ2) is 6.19. The average molecular weight is 401 g/mol. The normalized spacial score (nSPS) is 32.4. The molecule has 0 radical (unpaired) electrons. The standard InChI is InChI=1S/C26H28N2O2/c1-16(29)28-26-13-17-8-18(14-26)12-25(11-17,15-26)24(30)27-21-7-6-20-9-19-4-2-3-5-22(19)23(20)10-21/h2-7,10,17-18H,8-9,11-15H2,1H3,(H,27,30)(H,28,29). The molecule has 2 aromatic carbocycles. The van der Waals surface area contributed by atoms with Gasteiger partial charge in [-0.05, 0) is 91.2 Å². The van der Waals surface area contributed by atoms with E-state index in [1.807, 2.05) is 6.07 Å². The Morgan fingerprint density at radius 3 is 2.43 bits per heavy atom. The van der Waals surface area contributed by atoms with E-state index in [0.29, 0.717) is 11.8 Å². The average Bonchev–Trinajstić information content (AvgIpc) is 3.04. The molecule has 0 heterocycles. The van der Waals surface area contributed by atoms with Gasteiger partial charge in [-0.3, -0.25) is 9.59 Å². The van der Waals surface area contributed by atoms with E-state index in [2.05, 4.69) is 47.0 Å². The lowest BCUT2D eigenvalue weighted by molar-refractivity contribution is -0.148. The number of benzene rings is 2. The van der Waals surface area contributed by atoms with Crippen molar-refractivity contribution >= 4 is 17.5 Å². The fraction of sp³-hybridized carbons (Fsp3) is 0.462. The highest BCUT2D eigenvalue weighted by molar-refractivity contribution is 5.97. The van der Waals surface area contributed by atoms with Gasteiger partial charge in [0.2, 0.25) is 11.8 Å². The highest BCUT2D eigenvalue weighted by Gasteiger charge is 2.60. The second-order valence-corrected chi connectivity index (χ2v) is 10.4. The van der Waals surface area contributed by atoms with Gasteiger partial charge in [-0.2, -0.15) is 0 Å². The molecule has 0 spiro atoms. The molecule has 2 atom stereocenters. The molecule has 4 saturated carbocycles. The van der Waals surface area contributed by atoms with Crippen LogP contribution < -0.4 is 10.6 Å². The summed E-state index contributed by atoms with van der Waals surface area (Å²) in [6.45, 7) is 1.60. The summed E-state index contributed by atoms with van der Waals surface area (Å²) in [6.07, 6.45) is 6.96. The third-order valence-electron chi connectivity index (χ3n) is 8.04. The number of hydrogen-bond acceptors (Lipinski definition) is 2. The summed E-state index contributed by atoms with van der Waals surface area (Å²) >= 11 is 0. The molecule has 0 aliphatic heterocycles. The van der Waals surface area contributed by atoms with Crippen molar-refractivity contribution in [2.75, 3.05) is 5.32 Å². The highest BCUT2D eigenvalue weighted by Crippen LogP contribution is 2.62. The molecular weight excluding hydrogens is 372 g/mol. The molecule has 4 heteroatoms. The van der Waals surface area contributed by atoms with E-state index in [4.69, 9.17) is 0 Å². The molecule has 0 saturated heterocycles. The Labute approximate surface area is 177 Å². The second-order valence-electron chi connectivity index (χ2n) is 10.4. The van der Waals surface area contributed by atoms with Gasteiger partial charge in [-0.25, -0.2) is 0 Å². The first kappa shape index (κ1) is 18.2. The Bertz CT molecular complexity index is 1060. The van der Waals surface area contributed by atoms with E-state index >= 15 is 0 Å². The van der Waals surface area contributed by atoms with Gasteiger partial charge >= 0.3 is 0 Å². The number of hydrogen-bond donors (Lipinski definition) is 2. The first-order chi connectivity index (χ1) is 14.4. The van der Waals surface area contributed by atoms with E-state index in [0.717, 1.165) is 44.2 Å². The molecule has 5 aliphatic carbocycles. The van der Waals surface area contributed by atoms with Crippen LogP contribution in [0.3, 0.4) is 0 Å². The summed E-state index contributed by atoms with van der Waals surface area (Å²) in [5.41, 5.74) is 5.57. The molecule has 4 bridgehead atoms. The summed E-state index contributed by atoms with van der Waals surface area (Å²) in [6, 6.07) is 14.9. The maximum Gasteiger partial charge on any atom is 0.230 e. The number of carbonyl (C=O) groups is 2. The van der Waals surface area contributed by atoms with E-state index in [9.17, 15) is 9.59 Å². The zero-order chi connectivity index (χ0) is 20.5. The van der Waals surface area contributed by atoms with Crippen LogP contribution in [0.2, 0.25) is 0 Å². The van der Waals surface area contributed by atoms with Crippen molar-refractivity contribution in [3.05, 3.63) is 53.6 Å². The van der Waals surface area contributed by atoms with Gasteiger partial charge in [-0.1, -0.05) is 30.3 Å². The minimum absolute atomic E-state index is 0.0322. The van der Waals surface area contributed by atoms with Gasteiger partial charge in [0.1, 0.15) is 0 Å². The molecule has 2 N–H and O–H groups in total. The first-order valence-electron chi connectivity index (χ1n) is 11.3. The van der Waals surface area contributed by atoms with Gasteiger partial charge in [0.15, 0.2) is 0 Å². The van der Waals surface area contributed by atoms with Crippen molar-refractivity contribution in [1.29, 1.82) is 0 Å². The molecule has 154 valence electrons. The summed E-state index contributed by atoms with van der Waals surface area (Å²) in [7, 11) is 0. The van der Waals surface area contributed by atoms with E-state index in [1.165, 1.54) is 28.7 Å². The third-order valence-corrected chi connectivity index (χ3v) is 8.04. The lowest BCUT2D eigenvalue weighted by atomic mass is 9.46. The molecule has 30 heavy (non-hydrogen) atoms. The third kappa shape index (κ3) is 2.73. The van der Waals surface area contributed by atoms with Crippen molar-refractivity contribution in [1.82, 2.24) is 5.32 Å². The van der Waals surface area contributed by atoms with E-state index in [1.54, 1.807) is 6.92 Å². The largest absolute Gasteiger partial charge is 0.351 e. The Morgan fingerprint density at radius 2 is 1.67 bits per heavy atom. The first-order valence-corrected chi connectivity index (χ1v) is 11.3. The zero-order valence-corrected chi connectivity index (χ0v) is 17.5. The Morgan fingerprint density at radius 1 is 0.933 bits per heavy atom. The molecule has 7 rings (SSSR count). The summed E-state index contributed by atoms with van der Waals surface area (Å²) in [5.74, 6) is 1.29. The fourth-order valence-corrected chi connectivity index (χ4v) is 7.51. The highest BCUT2D eigenvalue weighted by atomic mass is 16.2. The predicted octanol–water partition coefficient (Wildman–Crippen LogP) is 4.67. The quantitative estimate of drug-likeness (QED) is 0.671. The Kier molecular flexibility index (Phi) is 3.75. The number of amides is 2. The molecule has 2 amide bonds. The zero-order valence-electron chi connectivity index (χ0n) is 17.5. The van der Waals surface area contributed by atoms with Crippen LogP contribution in [0.4, 0.5) is 5.69 Å². The van der Waals surface area contributed by atoms with Crippen LogP contribution in [0.5, 0.6) is 0 Å². The molecule has 0 aromatic heterocycles. The Hall–Kier alpha value is -2.62. The van der Waals surface area contributed by atoms with Crippen molar-refractivity contribution in [3.8, 4) is 11.1 Å². The van der Waals surface area contributed by atoms with Crippen molar-refractivity contribution in [2.45, 2.75) is 57.4 Å². The van der Waals surface area contributed by atoms with Crippen molar-refractivity contribution < 1.29 is 9.59 Å². The number of fused-ring (bicyclic) bond motifs is 3. The molecule has 4 fully saturated rings. The van der Waals surface area contributed by atoms with Gasteiger partial charge in [0.05, 0.1) is 5.41 Å². The molecule has 4 nitrogen and oxygen atoms in total. The summed E-state index contributed by atoms with van der Waals surface area (Å²) in [5, 5.41) is 6.54. The minimum atomic E-state index is -0.344. The molecule has 2 unspecified atom stereocenters. The monoisotopic (exact) mass is 400 g/mol. The van der Waals surface area contributed by atoms with Crippen LogP contribution in [0, 0.1) is 17.3 Å². The van der Waals surface area contributed by atoms with E-state index < -0.39 is 0 Å². The fourth-order valence-electron chi connectivity index (χ4n) is 7.51. The minimum Gasteiger partial charge on any atom is -0.351 e. The lowest BCUT2D eigenvalue weighted by Gasteiger charge is -2.61. The van der Waals surface area contributed by atoms with Crippen LogP contribution in [-0.4, -0.2) is 17.4 Å². The van der Waals surface area contributed by atoms with Crippen LogP contribution in [0.15, 0.2) is 42.5 Å². The van der Waals surface area contributed by atoms with Crippen LogP contribution in [-0.2, 0) is 16.0 Å². The van der Waals surface area contributed by atoms with Crippen molar-refractivity contribution in [3.63, 3.8) is 0 Å². The summed E-state index contributed by atoms with van der Waals surface area (Å²) < 4.78 is 0. The van der Waals surface area contributed by atoms with E-state index in [-0.39, 0.29) is 22.8 Å². The predicted molar refractivity (Wildman–Crippen MR) is 117 cm³/mol. The number of carbonyl (C=O) groups excluding carboxylic acids is 2. The number of rotatable bonds is 3. The van der Waals surface area contributed by atoms with Gasteiger partial charge < -0.3 is 10.6 Å². The lowest BCUT2D eigenvalue weighted by Crippen LogP contribution is -2.65. The van der Waals surface area contributed by atoms with Gasteiger partial charge in [0, 0.05) is 18.2 Å². The maximum absolute atomic E-state index is 13.6. The SMILES string of the molecule is CC(=O)NC12CC3CC(C1)CC(C(=O)Nc1ccc4c(c1)-c1ccccc1C4)(C3)C2. The van der Waals surface area contributed by atoms with Gasteiger partial charge in [0.25, 0.3) is 0 Å². The maximum atomic E-state index is 13.6.